The van der Waals surface area contributed by atoms with E-state index in [1.54, 1.807) is 0 Å². The van der Waals surface area contributed by atoms with E-state index in [4.69, 9.17) is 9.26 Å². The molecule has 2 aromatic carbocycles. The predicted octanol–water partition coefficient (Wildman–Crippen LogP) is 3.79. The molecule has 0 radical (unpaired) electrons. The third-order valence-electron chi connectivity index (χ3n) is 3.48. The van der Waals surface area contributed by atoms with Gasteiger partial charge in [0.1, 0.15) is 5.75 Å². The lowest BCUT2D eigenvalue weighted by molar-refractivity contribution is -0.387. The minimum atomic E-state index is -0.892. The molecule has 26 heavy (non-hydrogen) atoms. The molecule has 0 saturated carbocycles. The van der Waals surface area contributed by atoms with Crippen LogP contribution in [0.2, 0.25) is 0 Å². The van der Waals surface area contributed by atoms with Gasteiger partial charge in [0.2, 0.25) is 17.5 Å². The SMILES string of the molecule is CCOc1ccc(-c2noc(CNc3ccc(F)c([N+](=O)[O-])c3)n2)cc1. The molecule has 0 atom stereocenters. The van der Waals surface area contributed by atoms with Crippen molar-refractivity contribution < 1.29 is 18.6 Å². The summed E-state index contributed by atoms with van der Waals surface area (Å²) in [5.41, 5.74) is 0.537. The third-order valence-corrected chi connectivity index (χ3v) is 3.48. The number of nitrogens with zero attached hydrogens (tertiary/aromatic N) is 3. The van der Waals surface area contributed by atoms with E-state index in [9.17, 15) is 14.5 Å². The van der Waals surface area contributed by atoms with Crippen LogP contribution >= 0.6 is 0 Å². The maximum absolute atomic E-state index is 13.3. The number of ether oxygens (including phenoxy) is 1. The van der Waals surface area contributed by atoms with Gasteiger partial charge in [-0.2, -0.15) is 9.37 Å². The van der Waals surface area contributed by atoms with Crippen molar-refractivity contribution in [2.45, 2.75) is 13.5 Å². The van der Waals surface area contributed by atoms with Gasteiger partial charge in [-0.3, -0.25) is 10.1 Å². The summed E-state index contributed by atoms with van der Waals surface area (Å²) in [5.74, 6) is 0.562. The van der Waals surface area contributed by atoms with E-state index < -0.39 is 16.4 Å². The quantitative estimate of drug-likeness (QED) is 0.506. The molecule has 0 saturated heterocycles. The molecule has 0 spiro atoms. The van der Waals surface area contributed by atoms with E-state index >= 15 is 0 Å². The lowest BCUT2D eigenvalue weighted by Crippen LogP contribution is -2.01. The van der Waals surface area contributed by atoms with E-state index in [1.807, 2.05) is 31.2 Å². The molecule has 1 heterocycles. The van der Waals surface area contributed by atoms with E-state index in [-0.39, 0.29) is 6.54 Å². The summed E-state index contributed by atoms with van der Waals surface area (Å²) < 4.78 is 23.9. The summed E-state index contributed by atoms with van der Waals surface area (Å²) in [6.07, 6.45) is 0. The minimum Gasteiger partial charge on any atom is -0.494 e. The van der Waals surface area contributed by atoms with Crippen LogP contribution in [0.25, 0.3) is 11.4 Å². The minimum absolute atomic E-state index is 0.146. The first-order chi connectivity index (χ1) is 12.6. The molecule has 0 amide bonds. The number of aromatic nitrogens is 2. The van der Waals surface area contributed by atoms with Crippen molar-refractivity contribution in [1.29, 1.82) is 0 Å². The van der Waals surface area contributed by atoms with Gasteiger partial charge < -0.3 is 14.6 Å². The van der Waals surface area contributed by atoms with Gasteiger partial charge in [-0.05, 0) is 43.3 Å². The van der Waals surface area contributed by atoms with Crippen molar-refractivity contribution in [3.05, 3.63) is 64.3 Å². The number of nitro benzene ring substituents is 1. The lowest BCUT2D eigenvalue weighted by atomic mass is 10.2. The Morgan fingerprint density at radius 3 is 2.73 bits per heavy atom. The van der Waals surface area contributed by atoms with Crippen LogP contribution < -0.4 is 10.1 Å². The Bertz CT molecular complexity index is 911. The van der Waals surface area contributed by atoms with Crippen LogP contribution in [0.3, 0.4) is 0 Å². The fourth-order valence-corrected chi connectivity index (χ4v) is 2.25. The number of halogens is 1. The molecule has 1 aromatic heterocycles. The van der Waals surface area contributed by atoms with E-state index in [1.165, 1.54) is 6.07 Å². The average molecular weight is 358 g/mol. The first-order valence-electron chi connectivity index (χ1n) is 7.80. The van der Waals surface area contributed by atoms with Crippen LogP contribution in [0, 0.1) is 15.9 Å². The Morgan fingerprint density at radius 2 is 2.04 bits per heavy atom. The second-order valence-corrected chi connectivity index (χ2v) is 5.25. The van der Waals surface area contributed by atoms with E-state index in [0.717, 1.165) is 23.4 Å². The topological polar surface area (TPSA) is 103 Å². The highest BCUT2D eigenvalue weighted by atomic mass is 19.1. The number of hydrogen-bond acceptors (Lipinski definition) is 7. The molecule has 0 aliphatic heterocycles. The van der Waals surface area contributed by atoms with Crippen molar-refractivity contribution in [2.24, 2.45) is 0 Å². The van der Waals surface area contributed by atoms with Crippen LogP contribution in [0.4, 0.5) is 15.8 Å². The standard InChI is InChI=1S/C17H15FN4O4/c1-2-25-13-6-3-11(4-7-13)17-20-16(26-21-17)10-19-12-5-8-14(18)15(9-12)22(23)24/h3-9,19H,2,10H2,1H3. The fourth-order valence-electron chi connectivity index (χ4n) is 2.25. The molecule has 0 unspecified atom stereocenters. The number of nitro groups is 1. The van der Waals surface area contributed by atoms with E-state index in [0.29, 0.717) is 24.0 Å². The van der Waals surface area contributed by atoms with Crippen LogP contribution in [0.15, 0.2) is 47.0 Å². The van der Waals surface area contributed by atoms with Gasteiger partial charge >= 0.3 is 5.69 Å². The Labute approximate surface area is 147 Å². The molecule has 3 aromatic rings. The van der Waals surface area contributed by atoms with Gasteiger partial charge in [0.25, 0.3) is 0 Å². The van der Waals surface area contributed by atoms with Crippen molar-refractivity contribution >= 4 is 11.4 Å². The largest absolute Gasteiger partial charge is 0.494 e. The Balaban J connectivity index is 1.67. The molecule has 8 nitrogen and oxygen atoms in total. The monoisotopic (exact) mass is 358 g/mol. The van der Waals surface area contributed by atoms with Gasteiger partial charge in [-0.15, -0.1) is 0 Å². The number of hydrogen-bond donors (Lipinski definition) is 1. The molecule has 3 rings (SSSR count). The highest BCUT2D eigenvalue weighted by molar-refractivity contribution is 5.56. The number of benzene rings is 2. The van der Waals surface area contributed by atoms with Crippen molar-refractivity contribution in [3.8, 4) is 17.1 Å². The summed E-state index contributed by atoms with van der Waals surface area (Å²) in [4.78, 5) is 14.2. The van der Waals surface area contributed by atoms with E-state index in [2.05, 4.69) is 15.5 Å². The molecular weight excluding hydrogens is 343 g/mol. The first-order valence-corrected chi connectivity index (χ1v) is 7.80. The predicted molar refractivity (Wildman–Crippen MR) is 91.3 cm³/mol. The molecular formula is C17H15FN4O4. The molecule has 0 fully saturated rings. The van der Waals surface area contributed by atoms with Gasteiger partial charge in [-0.25, -0.2) is 0 Å². The van der Waals surface area contributed by atoms with Crippen molar-refractivity contribution in [2.75, 3.05) is 11.9 Å². The molecule has 0 aliphatic rings. The van der Waals surface area contributed by atoms with Crippen LogP contribution in [0.5, 0.6) is 5.75 Å². The van der Waals surface area contributed by atoms with Gasteiger partial charge in [0.15, 0.2) is 0 Å². The molecule has 0 bridgehead atoms. The van der Waals surface area contributed by atoms with Gasteiger partial charge in [0, 0.05) is 17.3 Å². The van der Waals surface area contributed by atoms with Crippen molar-refractivity contribution in [1.82, 2.24) is 10.1 Å². The summed E-state index contributed by atoms with van der Waals surface area (Å²) in [6.45, 7) is 2.63. The first kappa shape index (κ1) is 17.3. The summed E-state index contributed by atoms with van der Waals surface area (Å²) in [7, 11) is 0. The number of nitrogens with one attached hydrogen (secondary N) is 1. The second kappa shape index (κ2) is 7.60. The van der Waals surface area contributed by atoms with Crippen LogP contribution in [-0.2, 0) is 6.54 Å². The lowest BCUT2D eigenvalue weighted by Gasteiger charge is -2.03. The average Bonchev–Trinajstić information content (AvgIpc) is 3.11. The zero-order chi connectivity index (χ0) is 18.5. The highest BCUT2D eigenvalue weighted by Crippen LogP contribution is 2.23. The zero-order valence-corrected chi connectivity index (χ0v) is 13.8. The maximum Gasteiger partial charge on any atom is 0.306 e. The Morgan fingerprint density at radius 1 is 1.27 bits per heavy atom. The summed E-state index contributed by atoms with van der Waals surface area (Å²) in [6, 6.07) is 10.8. The molecule has 0 aliphatic carbocycles. The van der Waals surface area contributed by atoms with Crippen LogP contribution in [-0.4, -0.2) is 21.7 Å². The maximum atomic E-state index is 13.3. The molecule has 1 N–H and O–H groups in total. The van der Waals surface area contributed by atoms with Gasteiger partial charge in [-0.1, -0.05) is 5.16 Å². The smallest absolute Gasteiger partial charge is 0.306 e. The Hall–Kier alpha value is -3.49. The van der Waals surface area contributed by atoms with Crippen molar-refractivity contribution in [3.63, 3.8) is 0 Å². The second-order valence-electron chi connectivity index (χ2n) is 5.25. The zero-order valence-electron chi connectivity index (χ0n) is 13.8. The number of anilines is 1. The molecule has 9 heteroatoms. The highest BCUT2D eigenvalue weighted by Gasteiger charge is 2.15. The normalized spacial score (nSPS) is 10.5. The third kappa shape index (κ3) is 3.94. The Kier molecular flexibility index (Phi) is 5.07. The van der Waals surface area contributed by atoms with Crippen LogP contribution in [0.1, 0.15) is 12.8 Å². The molecule has 134 valence electrons. The summed E-state index contributed by atoms with van der Waals surface area (Å²) >= 11 is 0. The summed E-state index contributed by atoms with van der Waals surface area (Å²) in [5, 5.41) is 17.5. The van der Waals surface area contributed by atoms with Gasteiger partial charge in [0.05, 0.1) is 18.1 Å². The fraction of sp³-hybridized carbons (Fsp3) is 0.176. The number of rotatable bonds is 7.